The number of aliphatic hydroxyl groups excluding tert-OH is 1. The molecule has 0 unspecified atom stereocenters. The average Bonchev–Trinajstić information content (AvgIpc) is 2.34. The van der Waals surface area contributed by atoms with Crippen LogP contribution < -0.4 is 9.47 Å². The van der Waals surface area contributed by atoms with Crippen molar-refractivity contribution in [1.82, 2.24) is 0 Å². The molecule has 0 bridgehead atoms. The Morgan fingerprint density at radius 2 is 2.18 bits per heavy atom. The Labute approximate surface area is 103 Å². The SMILES string of the molecule is C=CCCCOc1ccc([C@@H](C)O)cc1OC. The van der Waals surface area contributed by atoms with Crippen molar-refractivity contribution < 1.29 is 14.6 Å². The molecule has 0 spiro atoms. The van der Waals surface area contributed by atoms with Crippen LogP contribution in [-0.4, -0.2) is 18.8 Å². The van der Waals surface area contributed by atoms with Gasteiger partial charge in [-0.2, -0.15) is 0 Å². The van der Waals surface area contributed by atoms with Gasteiger partial charge in [-0.3, -0.25) is 0 Å². The number of rotatable bonds is 7. The lowest BCUT2D eigenvalue weighted by Gasteiger charge is -2.13. The first-order chi connectivity index (χ1) is 8.19. The standard InChI is InChI=1S/C14H20O3/c1-4-5-6-9-17-13-8-7-12(11(2)15)10-14(13)16-3/h4,7-8,10-11,15H,1,5-6,9H2,2-3H3/t11-/m1/s1. The molecule has 0 aliphatic heterocycles. The molecule has 0 radical (unpaired) electrons. The highest BCUT2D eigenvalue weighted by Gasteiger charge is 2.08. The molecule has 94 valence electrons. The number of aliphatic hydroxyl groups is 1. The molecule has 17 heavy (non-hydrogen) atoms. The molecule has 3 heteroatoms. The van der Waals surface area contributed by atoms with Crippen molar-refractivity contribution in [2.75, 3.05) is 13.7 Å². The summed E-state index contributed by atoms with van der Waals surface area (Å²) in [5.41, 5.74) is 0.820. The van der Waals surface area contributed by atoms with Gasteiger partial charge in [0.1, 0.15) is 0 Å². The van der Waals surface area contributed by atoms with Crippen LogP contribution in [0.15, 0.2) is 30.9 Å². The Hall–Kier alpha value is -1.48. The molecule has 0 aromatic heterocycles. The molecule has 1 N–H and O–H groups in total. The Bertz CT molecular complexity index is 358. The summed E-state index contributed by atoms with van der Waals surface area (Å²) in [6.07, 6.45) is 3.24. The molecule has 0 aliphatic carbocycles. The van der Waals surface area contributed by atoms with E-state index in [1.807, 2.05) is 18.2 Å². The van der Waals surface area contributed by atoms with Gasteiger partial charge in [0.2, 0.25) is 0 Å². The molecule has 0 aliphatic rings. The zero-order chi connectivity index (χ0) is 12.7. The lowest BCUT2D eigenvalue weighted by molar-refractivity contribution is 0.198. The highest BCUT2D eigenvalue weighted by Crippen LogP contribution is 2.30. The zero-order valence-corrected chi connectivity index (χ0v) is 10.5. The van der Waals surface area contributed by atoms with Gasteiger partial charge in [-0.05, 0) is 37.5 Å². The fraction of sp³-hybridized carbons (Fsp3) is 0.429. The van der Waals surface area contributed by atoms with E-state index in [1.165, 1.54) is 0 Å². The highest BCUT2D eigenvalue weighted by molar-refractivity contribution is 5.43. The molecule has 1 aromatic carbocycles. The van der Waals surface area contributed by atoms with Crippen LogP contribution in [-0.2, 0) is 0 Å². The van der Waals surface area contributed by atoms with Gasteiger partial charge in [-0.25, -0.2) is 0 Å². The minimum Gasteiger partial charge on any atom is -0.493 e. The van der Waals surface area contributed by atoms with Crippen molar-refractivity contribution in [1.29, 1.82) is 0 Å². The largest absolute Gasteiger partial charge is 0.493 e. The number of allylic oxidation sites excluding steroid dienone is 1. The summed E-state index contributed by atoms with van der Waals surface area (Å²) < 4.78 is 10.8. The van der Waals surface area contributed by atoms with Gasteiger partial charge in [-0.15, -0.1) is 6.58 Å². The van der Waals surface area contributed by atoms with E-state index in [2.05, 4.69) is 6.58 Å². The summed E-state index contributed by atoms with van der Waals surface area (Å²) >= 11 is 0. The Morgan fingerprint density at radius 3 is 2.76 bits per heavy atom. The van der Waals surface area contributed by atoms with E-state index in [1.54, 1.807) is 20.1 Å². The number of hydrogen-bond acceptors (Lipinski definition) is 3. The molecule has 0 amide bonds. The molecule has 0 saturated heterocycles. The Kier molecular flexibility index (Phi) is 5.57. The van der Waals surface area contributed by atoms with Gasteiger partial charge < -0.3 is 14.6 Å². The fourth-order valence-electron chi connectivity index (χ4n) is 1.47. The van der Waals surface area contributed by atoms with E-state index in [-0.39, 0.29) is 0 Å². The number of unbranched alkanes of at least 4 members (excludes halogenated alkanes) is 1. The van der Waals surface area contributed by atoms with Crippen molar-refractivity contribution in [2.24, 2.45) is 0 Å². The van der Waals surface area contributed by atoms with Crippen LogP contribution in [0.1, 0.15) is 31.4 Å². The van der Waals surface area contributed by atoms with Gasteiger partial charge in [0.25, 0.3) is 0 Å². The predicted octanol–water partition coefficient (Wildman–Crippen LogP) is 3.09. The first-order valence-electron chi connectivity index (χ1n) is 5.78. The summed E-state index contributed by atoms with van der Waals surface area (Å²) in [6.45, 7) is 6.02. The molecule has 0 fully saturated rings. The van der Waals surface area contributed by atoms with E-state index in [0.29, 0.717) is 18.1 Å². The van der Waals surface area contributed by atoms with Crippen LogP contribution in [0, 0.1) is 0 Å². The third kappa shape index (κ3) is 4.11. The molecule has 1 rings (SSSR count). The smallest absolute Gasteiger partial charge is 0.161 e. The van der Waals surface area contributed by atoms with Crippen LogP contribution in [0.3, 0.4) is 0 Å². The van der Waals surface area contributed by atoms with Crippen LogP contribution in [0.25, 0.3) is 0 Å². The summed E-state index contributed by atoms with van der Waals surface area (Å²) in [7, 11) is 1.59. The van der Waals surface area contributed by atoms with Gasteiger partial charge in [0.15, 0.2) is 11.5 Å². The number of benzene rings is 1. The highest BCUT2D eigenvalue weighted by atomic mass is 16.5. The van der Waals surface area contributed by atoms with Gasteiger partial charge >= 0.3 is 0 Å². The summed E-state index contributed by atoms with van der Waals surface area (Å²) in [5.74, 6) is 1.36. The van der Waals surface area contributed by atoms with E-state index in [4.69, 9.17) is 9.47 Å². The van der Waals surface area contributed by atoms with Crippen molar-refractivity contribution in [3.8, 4) is 11.5 Å². The van der Waals surface area contributed by atoms with E-state index in [9.17, 15) is 5.11 Å². The fourth-order valence-corrected chi connectivity index (χ4v) is 1.47. The van der Waals surface area contributed by atoms with Crippen molar-refractivity contribution >= 4 is 0 Å². The second-order valence-electron chi connectivity index (χ2n) is 3.87. The van der Waals surface area contributed by atoms with Crippen LogP contribution in [0.5, 0.6) is 11.5 Å². The quantitative estimate of drug-likeness (QED) is 0.584. The zero-order valence-electron chi connectivity index (χ0n) is 10.5. The van der Waals surface area contributed by atoms with Crippen LogP contribution in [0.4, 0.5) is 0 Å². The van der Waals surface area contributed by atoms with Crippen molar-refractivity contribution in [2.45, 2.75) is 25.9 Å². The minimum absolute atomic E-state index is 0.501. The maximum atomic E-state index is 9.47. The van der Waals surface area contributed by atoms with Crippen molar-refractivity contribution in [3.05, 3.63) is 36.4 Å². The molecule has 0 saturated carbocycles. The number of ether oxygens (including phenoxy) is 2. The van der Waals surface area contributed by atoms with Gasteiger partial charge in [-0.1, -0.05) is 12.1 Å². The average molecular weight is 236 g/mol. The topological polar surface area (TPSA) is 38.7 Å². The minimum atomic E-state index is -0.501. The molecule has 3 nitrogen and oxygen atoms in total. The number of hydrogen-bond donors (Lipinski definition) is 1. The van der Waals surface area contributed by atoms with E-state index >= 15 is 0 Å². The molecule has 1 atom stereocenters. The number of methoxy groups -OCH3 is 1. The lowest BCUT2D eigenvalue weighted by atomic mass is 10.1. The monoisotopic (exact) mass is 236 g/mol. The normalized spacial score (nSPS) is 11.9. The Balaban J connectivity index is 2.68. The van der Waals surface area contributed by atoms with Crippen LogP contribution >= 0.6 is 0 Å². The Morgan fingerprint density at radius 1 is 1.41 bits per heavy atom. The maximum Gasteiger partial charge on any atom is 0.161 e. The summed E-state index contributed by atoms with van der Waals surface area (Å²) in [4.78, 5) is 0. The predicted molar refractivity (Wildman–Crippen MR) is 68.6 cm³/mol. The summed E-state index contributed by atoms with van der Waals surface area (Å²) in [5, 5.41) is 9.47. The third-order valence-electron chi connectivity index (χ3n) is 2.48. The molecule has 1 aromatic rings. The van der Waals surface area contributed by atoms with E-state index in [0.717, 1.165) is 18.4 Å². The summed E-state index contributed by atoms with van der Waals surface area (Å²) in [6, 6.07) is 5.47. The molecule has 0 heterocycles. The lowest BCUT2D eigenvalue weighted by Crippen LogP contribution is -2.00. The van der Waals surface area contributed by atoms with Gasteiger partial charge in [0, 0.05) is 0 Å². The maximum absolute atomic E-state index is 9.47. The third-order valence-corrected chi connectivity index (χ3v) is 2.48. The van der Waals surface area contributed by atoms with Crippen LogP contribution in [0.2, 0.25) is 0 Å². The molecular weight excluding hydrogens is 216 g/mol. The second kappa shape index (κ2) is 6.97. The van der Waals surface area contributed by atoms with E-state index < -0.39 is 6.10 Å². The first-order valence-corrected chi connectivity index (χ1v) is 5.78. The molecular formula is C14H20O3. The van der Waals surface area contributed by atoms with Gasteiger partial charge in [0.05, 0.1) is 19.8 Å². The van der Waals surface area contributed by atoms with Crippen molar-refractivity contribution in [3.63, 3.8) is 0 Å². The first kappa shape index (κ1) is 13.6. The second-order valence-corrected chi connectivity index (χ2v) is 3.87.